The van der Waals surface area contributed by atoms with Crippen molar-refractivity contribution >= 4 is 33.6 Å². The molecule has 0 spiro atoms. The van der Waals surface area contributed by atoms with E-state index in [2.05, 4.69) is 23.5 Å². The van der Waals surface area contributed by atoms with Gasteiger partial charge in [-0.25, -0.2) is 9.78 Å². The summed E-state index contributed by atoms with van der Waals surface area (Å²) in [4.78, 5) is 30.4. The summed E-state index contributed by atoms with van der Waals surface area (Å²) in [6.07, 6.45) is 6.67. The summed E-state index contributed by atoms with van der Waals surface area (Å²) >= 11 is 0. The molecule has 0 radical (unpaired) electrons. The molecular formula is C29H28N2O3. The monoisotopic (exact) mass is 452 g/mol. The number of hydrogen-bond donors (Lipinski definition) is 1. The number of carbonyl (C=O) groups excluding carboxylic acids is 2. The maximum Gasteiger partial charge on any atom is 0.339 e. The third-order valence-corrected chi connectivity index (χ3v) is 6.56. The lowest BCUT2D eigenvalue weighted by molar-refractivity contribution is -0.125. The Bertz CT molecular complexity index is 1330. The molecule has 0 aliphatic heterocycles. The number of pyridine rings is 1. The summed E-state index contributed by atoms with van der Waals surface area (Å²) in [7, 11) is 0. The normalized spacial score (nSPS) is 14.6. The summed E-state index contributed by atoms with van der Waals surface area (Å²) in [5.41, 5.74) is 2.77. The molecule has 5 nitrogen and oxygen atoms in total. The van der Waals surface area contributed by atoms with Crippen LogP contribution in [0.4, 0.5) is 0 Å². The van der Waals surface area contributed by atoms with E-state index < -0.39 is 5.97 Å². The van der Waals surface area contributed by atoms with Crippen molar-refractivity contribution < 1.29 is 14.3 Å². The Kier molecular flexibility index (Phi) is 6.52. The molecule has 172 valence electrons. The molecule has 4 aromatic rings. The maximum absolute atomic E-state index is 13.1. The maximum atomic E-state index is 13.1. The average molecular weight is 453 g/mol. The van der Waals surface area contributed by atoms with E-state index in [9.17, 15) is 9.59 Å². The molecule has 1 N–H and O–H groups in total. The van der Waals surface area contributed by atoms with Crippen molar-refractivity contribution in [2.45, 2.75) is 44.6 Å². The third-order valence-electron chi connectivity index (χ3n) is 6.56. The second-order valence-corrected chi connectivity index (χ2v) is 8.93. The molecule has 1 aliphatic rings. The predicted octanol–water partition coefficient (Wildman–Crippen LogP) is 6.05. The fraction of sp³-hybridized carbons (Fsp3) is 0.276. The van der Waals surface area contributed by atoms with Gasteiger partial charge in [0.25, 0.3) is 5.91 Å². The number of esters is 1. The highest BCUT2D eigenvalue weighted by Gasteiger charge is 2.19. The zero-order chi connectivity index (χ0) is 23.3. The molecule has 0 bridgehead atoms. The highest BCUT2D eigenvalue weighted by molar-refractivity contribution is 6.06. The molecule has 1 heterocycles. The lowest BCUT2D eigenvalue weighted by atomic mass is 9.99. The Labute approximate surface area is 199 Å². The van der Waals surface area contributed by atoms with Crippen LogP contribution < -0.4 is 5.32 Å². The molecular weight excluding hydrogens is 424 g/mol. The van der Waals surface area contributed by atoms with Gasteiger partial charge in [-0.15, -0.1) is 0 Å². The van der Waals surface area contributed by atoms with E-state index in [1.807, 2.05) is 48.5 Å². The van der Waals surface area contributed by atoms with E-state index in [4.69, 9.17) is 9.72 Å². The summed E-state index contributed by atoms with van der Waals surface area (Å²) < 4.78 is 5.47. The van der Waals surface area contributed by atoms with Crippen molar-refractivity contribution in [1.29, 1.82) is 0 Å². The van der Waals surface area contributed by atoms with Gasteiger partial charge in [0.2, 0.25) is 0 Å². The van der Waals surface area contributed by atoms with Crippen molar-refractivity contribution in [1.82, 2.24) is 10.3 Å². The van der Waals surface area contributed by atoms with Crippen LogP contribution in [0.5, 0.6) is 0 Å². The fourth-order valence-electron chi connectivity index (χ4n) is 4.83. The van der Waals surface area contributed by atoms with Crippen LogP contribution in [-0.4, -0.2) is 29.5 Å². The topological polar surface area (TPSA) is 68.3 Å². The van der Waals surface area contributed by atoms with Crippen LogP contribution >= 0.6 is 0 Å². The van der Waals surface area contributed by atoms with Crippen molar-refractivity contribution in [3.8, 4) is 11.3 Å². The number of nitrogens with one attached hydrogen (secondary N) is 1. The second-order valence-electron chi connectivity index (χ2n) is 8.93. The Morgan fingerprint density at radius 1 is 0.853 bits per heavy atom. The van der Waals surface area contributed by atoms with E-state index in [-0.39, 0.29) is 18.6 Å². The van der Waals surface area contributed by atoms with Gasteiger partial charge in [-0.3, -0.25) is 4.79 Å². The number of benzene rings is 3. The van der Waals surface area contributed by atoms with Crippen LogP contribution in [-0.2, 0) is 9.53 Å². The zero-order valence-electron chi connectivity index (χ0n) is 19.1. The smallest absolute Gasteiger partial charge is 0.339 e. The lowest BCUT2D eigenvalue weighted by Crippen LogP contribution is -2.37. The van der Waals surface area contributed by atoms with Crippen LogP contribution in [0.15, 0.2) is 72.8 Å². The molecule has 0 unspecified atom stereocenters. The Balaban J connectivity index is 1.41. The van der Waals surface area contributed by atoms with Crippen molar-refractivity contribution in [3.05, 3.63) is 78.4 Å². The zero-order valence-corrected chi connectivity index (χ0v) is 19.1. The first-order chi connectivity index (χ1) is 16.7. The number of nitrogens with zero attached hydrogens (tertiary/aromatic N) is 1. The molecule has 0 atom stereocenters. The molecule has 34 heavy (non-hydrogen) atoms. The highest BCUT2D eigenvalue weighted by Crippen LogP contribution is 2.30. The molecule has 1 aliphatic carbocycles. The Hall–Kier alpha value is -3.73. The minimum absolute atomic E-state index is 0.174. The number of carbonyl (C=O) groups is 2. The van der Waals surface area contributed by atoms with E-state index in [1.165, 1.54) is 12.8 Å². The molecule has 1 aromatic heterocycles. The number of amides is 1. The van der Waals surface area contributed by atoms with Gasteiger partial charge in [-0.2, -0.15) is 0 Å². The van der Waals surface area contributed by atoms with E-state index in [1.54, 1.807) is 6.07 Å². The van der Waals surface area contributed by atoms with Gasteiger partial charge in [-0.05, 0) is 35.7 Å². The van der Waals surface area contributed by atoms with Crippen LogP contribution in [0, 0.1) is 0 Å². The van der Waals surface area contributed by atoms with Gasteiger partial charge in [0.1, 0.15) is 0 Å². The van der Waals surface area contributed by atoms with Gasteiger partial charge in [0.05, 0.1) is 16.8 Å². The average Bonchev–Trinajstić information content (AvgIpc) is 3.15. The van der Waals surface area contributed by atoms with E-state index in [0.29, 0.717) is 22.2 Å². The fourth-order valence-corrected chi connectivity index (χ4v) is 4.83. The van der Waals surface area contributed by atoms with Gasteiger partial charge in [0.15, 0.2) is 6.61 Å². The summed E-state index contributed by atoms with van der Waals surface area (Å²) in [6.45, 7) is -0.282. The standard InChI is InChI=1S/C29H28N2O3/c32-28(30-21-12-3-1-2-4-13-21)19-34-29(33)25-18-27(31-26-17-8-7-15-24(25)26)23-16-9-11-20-10-5-6-14-22(20)23/h5-11,14-18,21H,1-4,12-13,19H2,(H,30,32). The number of para-hydroxylation sites is 1. The van der Waals surface area contributed by atoms with Gasteiger partial charge in [-0.1, -0.05) is 86.3 Å². The lowest BCUT2D eigenvalue weighted by Gasteiger charge is -2.16. The van der Waals surface area contributed by atoms with E-state index in [0.717, 1.165) is 42.0 Å². The number of rotatable bonds is 5. The first-order valence-corrected chi connectivity index (χ1v) is 12.0. The number of hydrogen-bond acceptors (Lipinski definition) is 4. The molecule has 1 amide bonds. The largest absolute Gasteiger partial charge is 0.452 e. The summed E-state index contributed by atoms with van der Waals surface area (Å²) in [5.74, 6) is -0.760. The highest BCUT2D eigenvalue weighted by atomic mass is 16.5. The summed E-state index contributed by atoms with van der Waals surface area (Å²) in [5, 5.41) is 5.91. The predicted molar refractivity (Wildman–Crippen MR) is 135 cm³/mol. The number of aromatic nitrogens is 1. The molecule has 3 aromatic carbocycles. The van der Waals surface area contributed by atoms with Gasteiger partial charge < -0.3 is 10.1 Å². The van der Waals surface area contributed by atoms with Crippen LogP contribution in [0.3, 0.4) is 0 Å². The minimum atomic E-state index is -0.517. The third kappa shape index (κ3) is 4.79. The van der Waals surface area contributed by atoms with Crippen molar-refractivity contribution in [2.75, 3.05) is 6.61 Å². The molecule has 1 saturated carbocycles. The first-order valence-electron chi connectivity index (χ1n) is 12.0. The minimum Gasteiger partial charge on any atom is -0.452 e. The quantitative estimate of drug-likeness (QED) is 0.296. The van der Waals surface area contributed by atoms with Crippen LogP contribution in [0.1, 0.15) is 48.9 Å². The number of fused-ring (bicyclic) bond motifs is 2. The van der Waals surface area contributed by atoms with Gasteiger partial charge in [0, 0.05) is 17.0 Å². The second kappa shape index (κ2) is 10.0. The number of ether oxygens (including phenoxy) is 1. The molecule has 5 heteroatoms. The SMILES string of the molecule is O=C(COC(=O)c1cc(-c2cccc3ccccc23)nc2ccccc12)NC1CCCCCC1. The van der Waals surface area contributed by atoms with E-state index >= 15 is 0 Å². The molecule has 5 rings (SSSR count). The van der Waals surface area contributed by atoms with Gasteiger partial charge >= 0.3 is 5.97 Å². The molecule has 0 saturated heterocycles. The first kappa shape index (κ1) is 22.1. The van der Waals surface area contributed by atoms with Crippen molar-refractivity contribution in [2.24, 2.45) is 0 Å². The summed E-state index contributed by atoms with van der Waals surface area (Å²) in [6, 6.07) is 23.6. The molecule has 1 fully saturated rings. The van der Waals surface area contributed by atoms with Crippen LogP contribution in [0.2, 0.25) is 0 Å². The Morgan fingerprint density at radius 3 is 2.38 bits per heavy atom. The van der Waals surface area contributed by atoms with Crippen molar-refractivity contribution in [3.63, 3.8) is 0 Å². The van der Waals surface area contributed by atoms with Crippen LogP contribution in [0.25, 0.3) is 32.9 Å². The Morgan fingerprint density at radius 2 is 1.56 bits per heavy atom.